The topological polar surface area (TPSA) is 84.9 Å². The fourth-order valence-electron chi connectivity index (χ4n) is 3.43. The maximum Gasteiger partial charge on any atom is 0.409 e. The van der Waals surface area contributed by atoms with Crippen LogP contribution in [0, 0.1) is 13.8 Å². The summed E-state index contributed by atoms with van der Waals surface area (Å²) in [6, 6.07) is 5.59. The number of nitrogens with zero attached hydrogens (tertiary/aromatic N) is 1. The van der Waals surface area contributed by atoms with Crippen LogP contribution in [-0.2, 0) is 22.4 Å². The fraction of sp³-hybridized carbons (Fsp3) is 0.381. The van der Waals surface area contributed by atoms with Gasteiger partial charge >= 0.3 is 12.1 Å². The Kier molecular flexibility index (Phi) is 6.22. The lowest BCUT2D eigenvalue weighted by Gasteiger charge is -2.25. The molecule has 29 heavy (non-hydrogen) atoms. The van der Waals surface area contributed by atoms with E-state index in [0.29, 0.717) is 35.6 Å². The second-order valence-electron chi connectivity index (χ2n) is 6.84. The molecule has 0 saturated carbocycles. The van der Waals surface area contributed by atoms with Crippen molar-refractivity contribution in [3.63, 3.8) is 0 Å². The molecule has 1 aliphatic heterocycles. The first kappa shape index (κ1) is 20.9. The molecule has 2 heterocycles. The van der Waals surface area contributed by atoms with Crippen LogP contribution in [0.15, 0.2) is 18.2 Å². The fourth-order valence-corrected chi connectivity index (χ4v) is 4.68. The molecule has 0 radical (unpaired) electrons. The number of carbonyl (C=O) groups is 3. The summed E-state index contributed by atoms with van der Waals surface area (Å²) in [5.41, 5.74) is 3.69. The van der Waals surface area contributed by atoms with Crippen LogP contribution in [0.3, 0.4) is 0 Å². The van der Waals surface area contributed by atoms with Gasteiger partial charge in [0, 0.05) is 17.0 Å². The van der Waals surface area contributed by atoms with Crippen LogP contribution in [0.1, 0.15) is 49.2 Å². The van der Waals surface area contributed by atoms with Gasteiger partial charge in [-0.1, -0.05) is 17.7 Å². The van der Waals surface area contributed by atoms with E-state index in [9.17, 15) is 14.4 Å². The van der Waals surface area contributed by atoms with E-state index < -0.39 is 12.1 Å². The van der Waals surface area contributed by atoms with E-state index in [4.69, 9.17) is 9.47 Å². The first-order valence-corrected chi connectivity index (χ1v) is 10.2. The first-order valence-electron chi connectivity index (χ1n) is 9.38. The van der Waals surface area contributed by atoms with Gasteiger partial charge in [-0.2, -0.15) is 0 Å². The van der Waals surface area contributed by atoms with Crippen molar-refractivity contribution in [2.24, 2.45) is 0 Å². The third-order valence-corrected chi connectivity index (χ3v) is 5.96. The molecule has 1 aromatic heterocycles. The van der Waals surface area contributed by atoms with Crippen LogP contribution >= 0.6 is 11.3 Å². The summed E-state index contributed by atoms with van der Waals surface area (Å²) >= 11 is 1.30. The van der Waals surface area contributed by atoms with Crippen molar-refractivity contribution in [3.8, 4) is 0 Å². The highest BCUT2D eigenvalue weighted by atomic mass is 32.1. The number of rotatable bonds is 4. The molecule has 1 aliphatic rings. The lowest BCUT2D eigenvalue weighted by molar-refractivity contribution is 0.0526. The molecule has 8 heteroatoms. The highest BCUT2D eigenvalue weighted by Crippen LogP contribution is 2.38. The van der Waals surface area contributed by atoms with Gasteiger partial charge in [-0.05, 0) is 44.4 Å². The van der Waals surface area contributed by atoms with Gasteiger partial charge in [-0.15, -0.1) is 11.3 Å². The van der Waals surface area contributed by atoms with Crippen molar-refractivity contribution in [3.05, 3.63) is 50.9 Å². The van der Waals surface area contributed by atoms with E-state index in [1.807, 2.05) is 26.0 Å². The van der Waals surface area contributed by atoms with Gasteiger partial charge in [0.05, 0.1) is 25.8 Å². The van der Waals surface area contributed by atoms with Gasteiger partial charge in [0.1, 0.15) is 5.00 Å². The highest BCUT2D eigenvalue weighted by molar-refractivity contribution is 7.17. The van der Waals surface area contributed by atoms with Gasteiger partial charge in [-0.25, -0.2) is 9.59 Å². The number of methoxy groups -OCH3 is 1. The summed E-state index contributed by atoms with van der Waals surface area (Å²) in [6.45, 7) is 6.59. The molecule has 1 aromatic carbocycles. The number of ether oxygens (including phenoxy) is 2. The molecule has 154 valence electrons. The smallest absolute Gasteiger partial charge is 0.409 e. The molecule has 0 aliphatic carbocycles. The van der Waals surface area contributed by atoms with Crippen molar-refractivity contribution in [2.75, 3.05) is 25.6 Å². The number of hydrogen-bond donors (Lipinski definition) is 1. The maximum absolute atomic E-state index is 12.9. The number of aryl methyl sites for hydroxylation is 2. The van der Waals surface area contributed by atoms with E-state index in [-0.39, 0.29) is 12.5 Å². The number of benzene rings is 1. The van der Waals surface area contributed by atoms with Gasteiger partial charge in [0.25, 0.3) is 5.91 Å². The molecule has 2 aromatic rings. The van der Waals surface area contributed by atoms with Gasteiger partial charge in [0.2, 0.25) is 0 Å². The van der Waals surface area contributed by atoms with Crippen LogP contribution in [0.2, 0.25) is 0 Å². The van der Waals surface area contributed by atoms with E-state index in [1.165, 1.54) is 18.4 Å². The Balaban J connectivity index is 1.95. The molecule has 0 spiro atoms. The number of carbonyl (C=O) groups excluding carboxylic acids is 3. The summed E-state index contributed by atoms with van der Waals surface area (Å²) in [5, 5.41) is 3.33. The predicted molar refractivity (Wildman–Crippen MR) is 111 cm³/mol. The van der Waals surface area contributed by atoms with Crippen LogP contribution in [0.25, 0.3) is 0 Å². The Bertz CT molecular complexity index is 966. The number of anilines is 1. The monoisotopic (exact) mass is 416 g/mol. The Morgan fingerprint density at radius 3 is 2.66 bits per heavy atom. The molecule has 2 amide bonds. The molecule has 0 bridgehead atoms. The van der Waals surface area contributed by atoms with E-state index in [2.05, 4.69) is 5.32 Å². The molecule has 0 fully saturated rings. The normalized spacial score (nSPS) is 12.9. The highest BCUT2D eigenvalue weighted by Gasteiger charge is 2.31. The number of hydrogen-bond acceptors (Lipinski definition) is 6. The second-order valence-corrected chi connectivity index (χ2v) is 7.95. The lowest BCUT2D eigenvalue weighted by Crippen LogP contribution is -2.35. The van der Waals surface area contributed by atoms with Crippen LogP contribution in [0.4, 0.5) is 9.80 Å². The minimum atomic E-state index is -0.465. The van der Waals surface area contributed by atoms with Crippen molar-refractivity contribution in [1.29, 1.82) is 0 Å². The standard InChI is InChI=1S/C21H24N2O5S/c1-5-28-20(25)17-15-8-9-23(21(26)27-4)11-16(15)29-19(17)22-18(24)14-7-6-12(2)10-13(14)3/h6-7,10H,5,8-9,11H2,1-4H3,(H,22,24). The quantitative estimate of drug-likeness (QED) is 0.764. The van der Waals surface area contributed by atoms with E-state index >= 15 is 0 Å². The summed E-state index contributed by atoms with van der Waals surface area (Å²) in [6.07, 6.45) is 0.0803. The number of amides is 2. The number of nitrogens with one attached hydrogen (secondary N) is 1. The average Bonchev–Trinajstić information content (AvgIpc) is 3.04. The second kappa shape index (κ2) is 8.65. The SMILES string of the molecule is CCOC(=O)c1c(NC(=O)c2ccc(C)cc2C)sc2c1CCN(C(=O)OC)C2. The Hall–Kier alpha value is -2.87. The Labute approximate surface area is 173 Å². The minimum absolute atomic E-state index is 0.238. The molecule has 0 unspecified atom stereocenters. The third kappa shape index (κ3) is 4.27. The molecular weight excluding hydrogens is 392 g/mol. The zero-order valence-electron chi connectivity index (χ0n) is 17.0. The largest absolute Gasteiger partial charge is 0.462 e. The van der Waals surface area contributed by atoms with Gasteiger partial charge in [0.15, 0.2) is 0 Å². The zero-order chi connectivity index (χ0) is 21.1. The van der Waals surface area contributed by atoms with Crippen LogP contribution in [-0.4, -0.2) is 43.1 Å². The first-order chi connectivity index (χ1) is 13.8. The molecule has 0 saturated heterocycles. The van der Waals surface area contributed by atoms with E-state index in [1.54, 1.807) is 17.9 Å². The van der Waals surface area contributed by atoms with E-state index in [0.717, 1.165) is 21.6 Å². The molecular formula is C21H24N2O5S. The van der Waals surface area contributed by atoms with Gasteiger partial charge < -0.3 is 19.7 Å². The number of esters is 1. The summed E-state index contributed by atoms with van der Waals surface area (Å²) in [5.74, 6) is -0.746. The Morgan fingerprint density at radius 1 is 1.24 bits per heavy atom. The summed E-state index contributed by atoms with van der Waals surface area (Å²) in [7, 11) is 1.34. The lowest BCUT2D eigenvalue weighted by atomic mass is 10.0. The van der Waals surface area contributed by atoms with Crippen molar-refractivity contribution in [1.82, 2.24) is 4.90 Å². The number of fused-ring (bicyclic) bond motifs is 1. The summed E-state index contributed by atoms with van der Waals surface area (Å²) in [4.78, 5) is 39.8. The molecule has 1 N–H and O–H groups in total. The van der Waals surface area contributed by atoms with Crippen molar-refractivity contribution < 1.29 is 23.9 Å². The minimum Gasteiger partial charge on any atom is -0.462 e. The summed E-state index contributed by atoms with van der Waals surface area (Å²) < 4.78 is 10.0. The third-order valence-electron chi connectivity index (χ3n) is 4.82. The predicted octanol–water partition coefficient (Wildman–Crippen LogP) is 3.92. The van der Waals surface area contributed by atoms with Crippen molar-refractivity contribution >= 4 is 34.3 Å². The maximum atomic E-state index is 12.9. The van der Waals surface area contributed by atoms with Crippen LogP contribution < -0.4 is 5.32 Å². The number of thiophene rings is 1. The average molecular weight is 416 g/mol. The zero-order valence-corrected chi connectivity index (χ0v) is 17.8. The van der Waals surface area contributed by atoms with Crippen LogP contribution in [0.5, 0.6) is 0 Å². The van der Waals surface area contributed by atoms with Crippen molar-refractivity contribution in [2.45, 2.75) is 33.7 Å². The molecule has 0 atom stereocenters. The molecule has 7 nitrogen and oxygen atoms in total. The van der Waals surface area contributed by atoms with Gasteiger partial charge in [-0.3, -0.25) is 4.79 Å². The Morgan fingerprint density at radius 2 is 2.00 bits per heavy atom. The molecule has 3 rings (SSSR count).